The van der Waals surface area contributed by atoms with Crippen molar-refractivity contribution in [2.75, 3.05) is 18.5 Å². The van der Waals surface area contributed by atoms with Crippen molar-refractivity contribution in [3.05, 3.63) is 42.5 Å². The van der Waals surface area contributed by atoms with Crippen LogP contribution in [0.25, 0.3) is 0 Å². The van der Waals surface area contributed by atoms with Crippen molar-refractivity contribution in [1.82, 2.24) is 10.2 Å². The number of hydrogen-bond donors (Lipinski definition) is 1. The number of amides is 3. The molecule has 1 spiro atoms. The van der Waals surface area contributed by atoms with Crippen LogP contribution in [0.5, 0.6) is 0 Å². The number of rotatable bonds is 2. The molecule has 4 atom stereocenters. The highest BCUT2D eigenvalue weighted by Crippen LogP contribution is 2.54. The zero-order chi connectivity index (χ0) is 17.2. The van der Waals surface area contributed by atoms with Gasteiger partial charge in [-0.05, 0) is 13.0 Å². The highest BCUT2D eigenvalue weighted by molar-refractivity contribution is 6.15. The molecule has 6 nitrogen and oxygen atoms in total. The Hall–Kier alpha value is -2.47. The summed E-state index contributed by atoms with van der Waals surface area (Å²) < 4.78 is 0. The number of anilines is 1. The summed E-state index contributed by atoms with van der Waals surface area (Å²) in [6, 6.07) is 7.21. The number of para-hydroxylation sites is 1. The van der Waals surface area contributed by atoms with Gasteiger partial charge in [-0.15, -0.1) is 6.58 Å². The van der Waals surface area contributed by atoms with Crippen molar-refractivity contribution >= 4 is 23.4 Å². The van der Waals surface area contributed by atoms with Gasteiger partial charge in [-0.25, -0.2) is 0 Å². The molecule has 1 aromatic carbocycles. The van der Waals surface area contributed by atoms with Crippen molar-refractivity contribution in [3.63, 3.8) is 0 Å². The Kier molecular flexibility index (Phi) is 3.00. The molecule has 1 aromatic rings. The molecule has 3 heterocycles. The third-order valence-electron chi connectivity index (χ3n) is 5.55. The number of nitrogens with one attached hydrogen (secondary N) is 1. The topological polar surface area (TPSA) is 69.7 Å². The second-order valence-electron chi connectivity index (χ2n) is 6.70. The fourth-order valence-electron chi connectivity index (χ4n) is 4.56. The lowest BCUT2D eigenvalue weighted by atomic mass is 9.76. The lowest BCUT2D eigenvalue weighted by molar-refractivity contribution is -0.141. The van der Waals surface area contributed by atoms with Gasteiger partial charge in [0.2, 0.25) is 11.8 Å². The molecule has 0 bridgehead atoms. The first kappa shape index (κ1) is 15.1. The average molecular weight is 325 g/mol. The van der Waals surface area contributed by atoms with E-state index in [4.69, 9.17) is 0 Å². The third-order valence-corrected chi connectivity index (χ3v) is 5.55. The highest BCUT2D eigenvalue weighted by Gasteiger charge is 2.70. The Morgan fingerprint density at radius 2 is 1.96 bits per heavy atom. The summed E-state index contributed by atoms with van der Waals surface area (Å²) in [7, 11) is 1.50. The van der Waals surface area contributed by atoms with E-state index >= 15 is 0 Å². The maximum absolute atomic E-state index is 13.4. The lowest BCUT2D eigenvalue weighted by Crippen LogP contribution is -2.54. The van der Waals surface area contributed by atoms with Gasteiger partial charge in [0.1, 0.15) is 5.54 Å². The van der Waals surface area contributed by atoms with Gasteiger partial charge in [0.15, 0.2) is 0 Å². The SMILES string of the molecule is C=CCN1C(=O)[C@]2(N[C@@H](C)[C@H]3C(=O)N(C)C(=O)[C@H]32)c2ccccc21. The molecule has 6 heteroatoms. The zero-order valence-electron chi connectivity index (χ0n) is 13.7. The number of nitrogens with zero attached hydrogens (tertiary/aromatic N) is 2. The van der Waals surface area contributed by atoms with Gasteiger partial charge in [-0.1, -0.05) is 24.3 Å². The van der Waals surface area contributed by atoms with Crippen molar-refractivity contribution < 1.29 is 14.4 Å². The standard InChI is InChI=1S/C18H19N3O3/c1-4-9-21-12-8-6-5-7-11(12)18(17(21)24)14-13(10(2)19-18)15(22)20(3)16(14)23/h4-8,10,13-14,19H,1,9H2,2-3H3/t10-,13+,14-,18-/m0/s1. The summed E-state index contributed by atoms with van der Waals surface area (Å²) in [5, 5.41) is 3.31. The van der Waals surface area contributed by atoms with Crippen LogP contribution in [-0.4, -0.2) is 42.3 Å². The summed E-state index contributed by atoms with van der Waals surface area (Å²) in [4.78, 5) is 41.5. The van der Waals surface area contributed by atoms with E-state index in [2.05, 4.69) is 11.9 Å². The Balaban J connectivity index is 1.95. The predicted octanol–water partition coefficient (Wildman–Crippen LogP) is 0.637. The molecule has 24 heavy (non-hydrogen) atoms. The molecule has 3 amide bonds. The highest BCUT2D eigenvalue weighted by atomic mass is 16.2. The molecule has 3 aliphatic rings. The first-order chi connectivity index (χ1) is 11.4. The number of fused-ring (bicyclic) bond motifs is 4. The van der Waals surface area contributed by atoms with Gasteiger partial charge in [-0.3, -0.25) is 24.6 Å². The summed E-state index contributed by atoms with van der Waals surface area (Å²) in [6.45, 7) is 5.95. The van der Waals surface area contributed by atoms with E-state index in [1.54, 1.807) is 11.0 Å². The van der Waals surface area contributed by atoms with Gasteiger partial charge >= 0.3 is 0 Å². The van der Waals surface area contributed by atoms with Crippen LogP contribution in [0.2, 0.25) is 0 Å². The molecule has 0 aliphatic carbocycles. The maximum Gasteiger partial charge on any atom is 0.253 e. The largest absolute Gasteiger partial charge is 0.306 e. The fraction of sp³-hybridized carbons (Fsp3) is 0.389. The van der Waals surface area contributed by atoms with Crippen LogP contribution in [0.15, 0.2) is 36.9 Å². The molecular weight excluding hydrogens is 306 g/mol. The first-order valence-electron chi connectivity index (χ1n) is 8.06. The molecule has 124 valence electrons. The monoisotopic (exact) mass is 325 g/mol. The van der Waals surface area contributed by atoms with Crippen LogP contribution in [0.3, 0.4) is 0 Å². The van der Waals surface area contributed by atoms with E-state index in [0.717, 1.165) is 11.3 Å². The van der Waals surface area contributed by atoms with Crippen LogP contribution in [0.4, 0.5) is 5.69 Å². The summed E-state index contributed by atoms with van der Waals surface area (Å²) in [5.41, 5.74) is 0.381. The van der Waals surface area contributed by atoms with Crippen molar-refractivity contribution in [3.8, 4) is 0 Å². The maximum atomic E-state index is 13.4. The molecule has 0 unspecified atom stereocenters. The fourth-order valence-corrected chi connectivity index (χ4v) is 4.56. The smallest absolute Gasteiger partial charge is 0.253 e. The van der Waals surface area contributed by atoms with Crippen molar-refractivity contribution in [2.45, 2.75) is 18.5 Å². The third kappa shape index (κ3) is 1.52. The second kappa shape index (κ2) is 4.77. The van der Waals surface area contributed by atoms with Crippen LogP contribution in [0.1, 0.15) is 12.5 Å². The van der Waals surface area contributed by atoms with E-state index in [-0.39, 0.29) is 23.8 Å². The van der Waals surface area contributed by atoms with E-state index in [1.165, 1.54) is 11.9 Å². The number of benzene rings is 1. The number of carbonyl (C=O) groups excluding carboxylic acids is 3. The Morgan fingerprint density at radius 1 is 1.25 bits per heavy atom. The first-order valence-corrected chi connectivity index (χ1v) is 8.06. The number of imide groups is 1. The molecule has 4 rings (SSSR count). The predicted molar refractivity (Wildman–Crippen MR) is 88.0 cm³/mol. The van der Waals surface area contributed by atoms with Crippen molar-refractivity contribution in [1.29, 1.82) is 0 Å². The van der Waals surface area contributed by atoms with Crippen LogP contribution < -0.4 is 10.2 Å². The normalized spacial score (nSPS) is 34.2. The van der Waals surface area contributed by atoms with Crippen molar-refractivity contribution in [2.24, 2.45) is 11.8 Å². The van der Waals surface area contributed by atoms with E-state index in [1.807, 2.05) is 31.2 Å². The second-order valence-corrected chi connectivity index (χ2v) is 6.70. The van der Waals surface area contributed by atoms with Crippen LogP contribution >= 0.6 is 0 Å². The minimum absolute atomic E-state index is 0.181. The zero-order valence-corrected chi connectivity index (χ0v) is 13.7. The van der Waals surface area contributed by atoms with E-state index < -0.39 is 17.4 Å². The number of carbonyl (C=O) groups is 3. The molecule has 3 aliphatic heterocycles. The molecule has 1 N–H and O–H groups in total. The lowest BCUT2D eigenvalue weighted by Gasteiger charge is -2.29. The number of likely N-dealkylation sites (tertiary alicyclic amines) is 1. The van der Waals surface area contributed by atoms with Gasteiger partial charge < -0.3 is 4.90 Å². The van der Waals surface area contributed by atoms with Gasteiger partial charge in [0.05, 0.1) is 11.8 Å². The molecular formula is C18H19N3O3. The van der Waals surface area contributed by atoms with Gasteiger partial charge in [0.25, 0.3) is 5.91 Å². The molecule has 0 aromatic heterocycles. The molecule has 2 saturated heterocycles. The van der Waals surface area contributed by atoms with E-state index in [9.17, 15) is 14.4 Å². The Bertz CT molecular complexity index is 789. The molecule has 0 radical (unpaired) electrons. The van der Waals surface area contributed by atoms with Crippen LogP contribution in [0, 0.1) is 11.8 Å². The van der Waals surface area contributed by atoms with Gasteiger partial charge in [0, 0.05) is 30.9 Å². The minimum Gasteiger partial charge on any atom is -0.306 e. The molecule has 2 fully saturated rings. The molecule has 0 saturated carbocycles. The summed E-state index contributed by atoms with van der Waals surface area (Å²) in [5.74, 6) is -1.89. The average Bonchev–Trinajstić information content (AvgIpc) is 3.10. The van der Waals surface area contributed by atoms with Gasteiger partial charge in [-0.2, -0.15) is 0 Å². The quantitative estimate of drug-likeness (QED) is 0.640. The van der Waals surface area contributed by atoms with E-state index in [0.29, 0.717) is 6.54 Å². The summed E-state index contributed by atoms with van der Waals surface area (Å²) in [6.07, 6.45) is 1.66. The van der Waals surface area contributed by atoms with Crippen LogP contribution in [-0.2, 0) is 19.9 Å². The minimum atomic E-state index is -1.17. The summed E-state index contributed by atoms with van der Waals surface area (Å²) >= 11 is 0. The Labute approximate surface area is 140 Å². The Morgan fingerprint density at radius 3 is 2.67 bits per heavy atom. The number of hydrogen-bond acceptors (Lipinski definition) is 4.